The first-order valence-corrected chi connectivity index (χ1v) is 9.36. The summed E-state index contributed by atoms with van der Waals surface area (Å²) in [7, 11) is 3.22. The second-order valence-corrected chi connectivity index (χ2v) is 6.56. The molecular weight excluding hydrogens is 364 g/mol. The van der Waals surface area contributed by atoms with E-state index in [0.717, 1.165) is 0 Å². The number of Topliss-reactive ketones (excluding diaryl/α,β-unsaturated/α-hetero) is 1. The monoisotopic (exact) mass is 394 g/mol. The third kappa shape index (κ3) is 4.99. The quantitative estimate of drug-likeness (QED) is 0.471. The van der Waals surface area contributed by atoms with Gasteiger partial charge in [0.15, 0.2) is 5.78 Å². The molecule has 1 unspecified atom stereocenters. The average Bonchev–Trinajstić information content (AvgIpc) is 2.87. The molecule has 8 heteroatoms. The summed E-state index contributed by atoms with van der Waals surface area (Å²) in [5, 5.41) is 0. The summed E-state index contributed by atoms with van der Waals surface area (Å²) in [6.45, 7) is 8.98. The van der Waals surface area contributed by atoms with E-state index in [-0.39, 0.29) is 37.7 Å². The number of amides is 1. The van der Waals surface area contributed by atoms with Crippen molar-refractivity contribution in [3.05, 3.63) is 22.5 Å². The first-order valence-electron chi connectivity index (χ1n) is 9.36. The molecule has 0 spiro atoms. The Labute approximate surface area is 165 Å². The Hall–Kier alpha value is -2.64. The Bertz CT molecular complexity index is 765. The summed E-state index contributed by atoms with van der Waals surface area (Å²) < 4.78 is 11.5. The van der Waals surface area contributed by atoms with Crippen LogP contribution in [0.4, 0.5) is 0 Å². The maximum absolute atomic E-state index is 13.1. The molecule has 8 nitrogen and oxygen atoms in total. The Balaban J connectivity index is 3.02. The number of hydrogen-bond donors (Lipinski definition) is 0. The van der Waals surface area contributed by atoms with Gasteiger partial charge in [-0.25, -0.2) is 4.79 Å². The van der Waals surface area contributed by atoms with Crippen LogP contribution in [0.1, 0.15) is 65.7 Å². The van der Waals surface area contributed by atoms with Crippen LogP contribution in [0.5, 0.6) is 0 Å². The van der Waals surface area contributed by atoms with E-state index in [1.54, 1.807) is 46.2 Å². The highest BCUT2D eigenvalue weighted by Gasteiger charge is 2.31. The molecule has 0 radical (unpaired) electrons. The van der Waals surface area contributed by atoms with Crippen molar-refractivity contribution in [2.75, 3.05) is 20.3 Å². The van der Waals surface area contributed by atoms with Crippen molar-refractivity contribution in [2.45, 2.75) is 53.5 Å². The van der Waals surface area contributed by atoms with Gasteiger partial charge in [0.05, 0.1) is 25.7 Å². The molecule has 0 aliphatic carbocycles. The summed E-state index contributed by atoms with van der Waals surface area (Å²) in [6, 6.07) is -0.746. The Morgan fingerprint density at radius 2 is 1.61 bits per heavy atom. The van der Waals surface area contributed by atoms with E-state index in [2.05, 4.69) is 0 Å². The van der Waals surface area contributed by atoms with Crippen molar-refractivity contribution >= 4 is 23.6 Å². The fourth-order valence-electron chi connectivity index (χ4n) is 3.05. The summed E-state index contributed by atoms with van der Waals surface area (Å²) in [5.41, 5.74) is 1.89. The lowest BCUT2D eigenvalue weighted by molar-refractivity contribution is -0.145. The van der Waals surface area contributed by atoms with Crippen LogP contribution in [-0.4, -0.2) is 59.4 Å². The zero-order chi connectivity index (χ0) is 21.6. The average molecular weight is 394 g/mol. The number of hydrogen-bond acceptors (Lipinski definition) is 6. The third-order valence-corrected chi connectivity index (χ3v) is 4.85. The van der Waals surface area contributed by atoms with Crippen LogP contribution in [0.2, 0.25) is 0 Å². The van der Waals surface area contributed by atoms with Crippen LogP contribution in [0, 0.1) is 13.8 Å². The maximum atomic E-state index is 13.1. The predicted octanol–water partition coefficient (Wildman–Crippen LogP) is 2.19. The number of carbonyl (C=O) groups is 4. The van der Waals surface area contributed by atoms with Gasteiger partial charge in [0.2, 0.25) is 5.91 Å². The van der Waals surface area contributed by atoms with Gasteiger partial charge in [0, 0.05) is 31.8 Å². The molecular formula is C20H30N2O6. The van der Waals surface area contributed by atoms with Crippen LogP contribution in [0.15, 0.2) is 0 Å². The van der Waals surface area contributed by atoms with Crippen molar-refractivity contribution in [1.82, 2.24) is 9.47 Å². The van der Waals surface area contributed by atoms with Gasteiger partial charge < -0.3 is 18.9 Å². The van der Waals surface area contributed by atoms with Crippen LogP contribution in [0.3, 0.4) is 0 Å². The Morgan fingerprint density at radius 1 is 1.04 bits per heavy atom. The fraction of sp³-hybridized carbons (Fsp3) is 0.600. The molecule has 0 bridgehead atoms. The second kappa shape index (κ2) is 10.1. The van der Waals surface area contributed by atoms with Gasteiger partial charge in [-0.05, 0) is 40.2 Å². The van der Waals surface area contributed by atoms with Crippen molar-refractivity contribution in [2.24, 2.45) is 7.05 Å². The predicted molar refractivity (Wildman–Crippen MR) is 103 cm³/mol. The fourth-order valence-corrected chi connectivity index (χ4v) is 3.05. The molecule has 0 fully saturated rings. The molecule has 1 amide bonds. The molecule has 0 aliphatic rings. The highest BCUT2D eigenvalue weighted by atomic mass is 16.5. The molecule has 1 atom stereocenters. The topological polar surface area (TPSA) is 94.9 Å². The van der Waals surface area contributed by atoms with Crippen molar-refractivity contribution in [3.63, 3.8) is 0 Å². The lowest BCUT2D eigenvalue weighted by Crippen LogP contribution is -2.40. The van der Waals surface area contributed by atoms with Gasteiger partial charge in [0.1, 0.15) is 5.69 Å². The largest absolute Gasteiger partial charge is 0.466 e. The molecule has 0 aromatic carbocycles. The van der Waals surface area contributed by atoms with E-state index < -0.39 is 18.0 Å². The van der Waals surface area contributed by atoms with Crippen LogP contribution in [-0.2, 0) is 26.1 Å². The third-order valence-electron chi connectivity index (χ3n) is 4.85. The minimum absolute atomic E-state index is 0.0334. The summed E-state index contributed by atoms with van der Waals surface area (Å²) in [4.78, 5) is 50.4. The first-order chi connectivity index (χ1) is 13.1. The molecule has 0 aliphatic heterocycles. The number of aromatic nitrogens is 1. The molecule has 1 rings (SSSR count). The van der Waals surface area contributed by atoms with E-state index in [1.807, 2.05) is 0 Å². The van der Waals surface area contributed by atoms with Gasteiger partial charge in [-0.2, -0.15) is 0 Å². The van der Waals surface area contributed by atoms with Crippen molar-refractivity contribution < 1.29 is 28.7 Å². The molecule has 1 heterocycles. The first kappa shape index (κ1) is 23.4. The summed E-state index contributed by atoms with van der Waals surface area (Å²) in [5.74, 6) is -1.54. The molecule has 28 heavy (non-hydrogen) atoms. The van der Waals surface area contributed by atoms with E-state index in [0.29, 0.717) is 22.5 Å². The van der Waals surface area contributed by atoms with Crippen LogP contribution < -0.4 is 0 Å². The van der Waals surface area contributed by atoms with Crippen molar-refractivity contribution in [3.8, 4) is 0 Å². The summed E-state index contributed by atoms with van der Waals surface area (Å²) in [6.07, 6.45) is -0.0674. The van der Waals surface area contributed by atoms with Crippen molar-refractivity contribution in [1.29, 1.82) is 0 Å². The number of ketones is 1. The van der Waals surface area contributed by atoms with Gasteiger partial charge in [0.25, 0.3) is 0 Å². The maximum Gasteiger partial charge on any atom is 0.355 e. The lowest BCUT2D eigenvalue weighted by Gasteiger charge is -2.24. The number of nitrogens with zero attached hydrogens (tertiary/aromatic N) is 2. The standard InChI is InChI=1S/C20H30N2O6/c1-8-27-16(24)11-10-15(23)21(6)14(5)19(25)17-12(3)18(20(26)28-9-2)22(7)13(17)4/h14H,8-11H2,1-7H3. The van der Waals surface area contributed by atoms with E-state index in [1.165, 1.54) is 11.9 Å². The van der Waals surface area contributed by atoms with Gasteiger partial charge in [-0.1, -0.05) is 0 Å². The number of rotatable bonds is 9. The minimum atomic E-state index is -0.746. The zero-order valence-electron chi connectivity index (χ0n) is 17.7. The molecule has 0 saturated carbocycles. The Morgan fingerprint density at radius 3 is 2.14 bits per heavy atom. The highest BCUT2D eigenvalue weighted by molar-refractivity contribution is 6.06. The van der Waals surface area contributed by atoms with Gasteiger partial charge in [-0.15, -0.1) is 0 Å². The summed E-state index contributed by atoms with van der Waals surface area (Å²) >= 11 is 0. The Kier molecular flexibility index (Phi) is 8.40. The van der Waals surface area contributed by atoms with Gasteiger partial charge >= 0.3 is 11.9 Å². The normalized spacial score (nSPS) is 11.7. The smallest absolute Gasteiger partial charge is 0.355 e. The van der Waals surface area contributed by atoms with Gasteiger partial charge in [-0.3, -0.25) is 14.4 Å². The van der Waals surface area contributed by atoms with Crippen LogP contribution in [0.25, 0.3) is 0 Å². The number of ether oxygens (including phenoxy) is 2. The lowest BCUT2D eigenvalue weighted by atomic mass is 10.00. The SMILES string of the molecule is CCOC(=O)CCC(=O)N(C)C(C)C(=O)c1c(C)c(C(=O)OCC)n(C)c1C. The van der Waals surface area contributed by atoms with E-state index in [4.69, 9.17) is 9.47 Å². The molecule has 156 valence electrons. The second-order valence-electron chi connectivity index (χ2n) is 6.56. The zero-order valence-corrected chi connectivity index (χ0v) is 17.7. The number of carbonyl (C=O) groups excluding carboxylic acids is 4. The molecule has 1 aromatic heterocycles. The number of esters is 2. The minimum Gasteiger partial charge on any atom is -0.466 e. The van der Waals surface area contributed by atoms with E-state index in [9.17, 15) is 19.2 Å². The molecule has 0 saturated heterocycles. The highest BCUT2D eigenvalue weighted by Crippen LogP contribution is 2.24. The van der Waals surface area contributed by atoms with Crippen LogP contribution >= 0.6 is 0 Å². The number of likely N-dealkylation sites (N-methyl/N-ethyl adjacent to an activating group) is 1. The van der Waals surface area contributed by atoms with E-state index >= 15 is 0 Å². The molecule has 0 N–H and O–H groups in total. The molecule has 1 aromatic rings.